The van der Waals surface area contributed by atoms with Crippen molar-refractivity contribution in [1.29, 1.82) is 0 Å². The smallest absolute Gasteiger partial charge is 0.327 e. The first-order valence-corrected chi connectivity index (χ1v) is 4.80. The Morgan fingerprint density at radius 2 is 2.36 bits per heavy atom. The summed E-state index contributed by atoms with van der Waals surface area (Å²) >= 11 is 0. The van der Waals surface area contributed by atoms with Gasteiger partial charge in [0, 0.05) is 12.4 Å². The molecule has 0 bridgehead atoms. The van der Waals surface area contributed by atoms with Crippen molar-refractivity contribution in [3.8, 4) is 0 Å². The second-order valence-corrected chi connectivity index (χ2v) is 3.55. The van der Waals surface area contributed by atoms with E-state index < -0.39 is 12.0 Å². The van der Waals surface area contributed by atoms with Crippen molar-refractivity contribution in [3.63, 3.8) is 0 Å². The summed E-state index contributed by atoms with van der Waals surface area (Å²) in [5.74, 6) is 0.0681. The molecule has 0 aliphatic carbocycles. The van der Waals surface area contributed by atoms with E-state index in [0.29, 0.717) is 0 Å². The average Bonchev–Trinajstić information content (AvgIpc) is 2.52. The third-order valence-electron chi connectivity index (χ3n) is 2.60. The van der Waals surface area contributed by atoms with E-state index in [-0.39, 0.29) is 5.92 Å². The number of aryl methyl sites for hydroxylation is 1. The van der Waals surface area contributed by atoms with E-state index in [4.69, 9.17) is 5.11 Å². The van der Waals surface area contributed by atoms with Gasteiger partial charge < -0.3 is 9.67 Å². The van der Waals surface area contributed by atoms with Crippen LogP contribution in [0.25, 0.3) is 0 Å². The maximum atomic E-state index is 11.1. The fourth-order valence-corrected chi connectivity index (χ4v) is 1.54. The lowest BCUT2D eigenvalue weighted by Crippen LogP contribution is -2.25. The highest BCUT2D eigenvalue weighted by molar-refractivity contribution is 5.72. The monoisotopic (exact) mass is 196 g/mol. The quantitative estimate of drug-likeness (QED) is 0.799. The summed E-state index contributed by atoms with van der Waals surface area (Å²) in [4.78, 5) is 15.1. The van der Waals surface area contributed by atoms with Crippen LogP contribution in [-0.2, 0) is 4.79 Å². The number of aliphatic carboxylic acids is 1. The normalized spacial score (nSPS) is 15.1. The van der Waals surface area contributed by atoms with Crippen LogP contribution in [0.2, 0.25) is 0 Å². The molecular weight excluding hydrogens is 180 g/mol. The number of carbonyl (C=O) groups is 1. The Kier molecular flexibility index (Phi) is 3.28. The lowest BCUT2D eigenvalue weighted by molar-refractivity contribution is -0.142. The van der Waals surface area contributed by atoms with Crippen molar-refractivity contribution >= 4 is 5.97 Å². The largest absolute Gasteiger partial charge is 0.480 e. The molecule has 14 heavy (non-hydrogen) atoms. The van der Waals surface area contributed by atoms with Crippen molar-refractivity contribution in [2.45, 2.75) is 33.2 Å². The summed E-state index contributed by atoms with van der Waals surface area (Å²) in [6, 6.07) is -0.498. The maximum Gasteiger partial charge on any atom is 0.327 e. The third kappa shape index (κ3) is 1.95. The molecule has 2 atom stereocenters. The molecule has 1 N–H and O–H groups in total. The highest BCUT2D eigenvalue weighted by atomic mass is 16.4. The molecule has 1 aromatic heterocycles. The van der Waals surface area contributed by atoms with Crippen LogP contribution in [0.3, 0.4) is 0 Å². The Balaban J connectivity index is 3.00. The summed E-state index contributed by atoms with van der Waals surface area (Å²) in [6.45, 7) is 5.75. The van der Waals surface area contributed by atoms with Gasteiger partial charge in [-0.15, -0.1) is 0 Å². The first-order chi connectivity index (χ1) is 6.57. The van der Waals surface area contributed by atoms with E-state index in [2.05, 4.69) is 4.98 Å². The van der Waals surface area contributed by atoms with E-state index in [9.17, 15) is 4.79 Å². The lowest BCUT2D eigenvalue weighted by atomic mass is 9.99. The molecule has 4 heteroatoms. The standard InChI is InChI=1S/C10H16N2O2/c1-4-7(2)9(10(13)14)12-6-5-11-8(12)3/h5-7,9H,4H2,1-3H3,(H,13,14)/t7-,9-/m0/s1. The van der Waals surface area contributed by atoms with Gasteiger partial charge in [-0.05, 0) is 12.8 Å². The molecule has 1 heterocycles. The van der Waals surface area contributed by atoms with Gasteiger partial charge in [0.2, 0.25) is 0 Å². The van der Waals surface area contributed by atoms with Gasteiger partial charge in [-0.2, -0.15) is 0 Å². The molecule has 0 saturated carbocycles. The van der Waals surface area contributed by atoms with Gasteiger partial charge in [-0.25, -0.2) is 9.78 Å². The molecule has 0 aliphatic rings. The first-order valence-electron chi connectivity index (χ1n) is 4.80. The minimum Gasteiger partial charge on any atom is -0.480 e. The third-order valence-corrected chi connectivity index (χ3v) is 2.60. The van der Waals surface area contributed by atoms with Crippen molar-refractivity contribution in [1.82, 2.24) is 9.55 Å². The Bertz CT molecular complexity index is 320. The molecule has 0 aliphatic heterocycles. The fourth-order valence-electron chi connectivity index (χ4n) is 1.54. The predicted molar refractivity (Wildman–Crippen MR) is 53.1 cm³/mol. The molecule has 0 radical (unpaired) electrons. The Hall–Kier alpha value is -1.32. The summed E-state index contributed by atoms with van der Waals surface area (Å²) < 4.78 is 1.72. The van der Waals surface area contributed by atoms with Crippen LogP contribution in [0.4, 0.5) is 0 Å². The fraction of sp³-hybridized carbons (Fsp3) is 0.600. The summed E-state index contributed by atoms with van der Waals surface area (Å²) in [6.07, 6.45) is 4.20. The minimum absolute atomic E-state index is 0.111. The number of hydrogen-bond donors (Lipinski definition) is 1. The summed E-state index contributed by atoms with van der Waals surface area (Å²) in [5, 5.41) is 9.12. The Morgan fingerprint density at radius 3 is 2.71 bits per heavy atom. The van der Waals surface area contributed by atoms with Crippen LogP contribution in [0.5, 0.6) is 0 Å². The molecule has 0 aromatic carbocycles. The number of nitrogens with zero attached hydrogens (tertiary/aromatic N) is 2. The molecule has 4 nitrogen and oxygen atoms in total. The van der Waals surface area contributed by atoms with Crippen molar-refractivity contribution in [3.05, 3.63) is 18.2 Å². The number of carboxylic acids is 1. The van der Waals surface area contributed by atoms with Gasteiger partial charge >= 0.3 is 5.97 Å². The van der Waals surface area contributed by atoms with Gasteiger partial charge in [0.05, 0.1) is 0 Å². The SMILES string of the molecule is CC[C@H](C)[C@@H](C(=O)O)n1ccnc1C. The van der Waals surface area contributed by atoms with E-state index in [1.165, 1.54) is 0 Å². The van der Waals surface area contributed by atoms with Crippen LogP contribution >= 0.6 is 0 Å². The molecule has 0 spiro atoms. The van der Waals surface area contributed by atoms with Gasteiger partial charge in [0.15, 0.2) is 0 Å². The van der Waals surface area contributed by atoms with Gasteiger partial charge in [0.1, 0.15) is 11.9 Å². The molecular formula is C10H16N2O2. The highest BCUT2D eigenvalue weighted by Gasteiger charge is 2.25. The first kappa shape index (κ1) is 10.8. The summed E-state index contributed by atoms with van der Waals surface area (Å²) in [5.41, 5.74) is 0. The van der Waals surface area contributed by atoms with Crippen LogP contribution < -0.4 is 0 Å². The van der Waals surface area contributed by atoms with Crippen molar-refractivity contribution in [2.24, 2.45) is 5.92 Å². The van der Waals surface area contributed by atoms with Gasteiger partial charge in [-0.1, -0.05) is 20.3 Å². The molecule has 78 valence electrons. The van der Waals surface area contributed by atoms with Crippen LogP contribution in [0.15, 0.2) is 12.4 Å². The summed E-state index contributed by atoms with van der Waals surface area (Å²) in [7, 11) is 0. The molecule has 1 rings (SSSR count). The molecule has 0 unspecified atom stereocenters. The second-order valence-electron chi connectivity index (χ2n) is 3.55. The number of imidazole rings is 1. The van der Waals surface area contributed by atoms with Crippen LogP contribution in [0.1, 0.15) is 32.1 Å². The van der Waals surface area contributed by atoms with Crippen molar-refractivity contribution in [2.75, 3.05) is 0 Å². The predicted octanol–water partition coefficient (Wildman–Crippen LogP) is 1.86. The van der Waals surface area contributed by atoms with E-state index >= 15 is 0 Å². The van der Waals surface area contributed by atoms with E-state index in [1.807, 2.05) is 20.8 Å². The minimum atomic E-state index is -0.791. The lowest BCUT2D eigenvalue weighted by Gasteiger charge is -2.21. The topological polar surface area (TPSA) is 55.1 Å². The van der Waals surface area contributed by atoms with E-state index in [0.717, 1.165) is 12.2 Å². The Morgan fingerprint density at radius 1 is 1.71 bits per heavy atom. The average molecular weight is 196 g/mol. The number of hydrogen-bond acceptors (Lipinski definition) is 2. The maximum absolute atomic E-state index is 11.1. The zero-order chi connectivity index (χ0) is 10.7. The molecule has 0 fully saturated rings. The zero-order valence-electron chi connectivity index (χ0n) is 8.77. The zero-order valence-corrected chi connectivity index (χ0v) is 8.77. The molecule has 1 aromatic rings. The van der Waals surface area contributed by atoms with Crippen molar-refractivity contribution < 1.29 is 9.90 Å². The Labute approximate surface area is 83.6 Å². The number of aromatic nitrogens is 2. The van der Waals surface area contributed by atoms with E-state index in [1.54, 1.807) is 17.0 Å². The van der Waals surface area contributed by atoms with Gasteiger partial charge in [-0.3, -0.25) is 0 Å². The molecule has 0 amide bonds. The number of carboxylic acid groups (broad SMARTS) is 1. The van der Waals surface area contributed by atoms with Crippen LogP contribution in [0, 0.1) is 12.8 Å². The molecule has 0 saturated heterocycles. The van der Waals surface area contributed by atoms with Crippen LogP contribution in [-0.4, -0.2) is 20.6 Å². The highest BCUT2D eigenvalue weighted by Crippen LogP contribution is 2.22. The number of rotatable bonds is 4. The second kappa shape index (κ2) is 4.26. The van der Waals surface area contributed by atoms with Gasteiger partial charge in [0.25, 0.3) is 0 Å².